The molecule has 2 unspecified atom stereocenters. The largest absolute Gasteiger partial charge is 0.459 e. The number of hydrogen-bond acceptors (Lipinski definition) is 6. The number of ether oxygens (including phenoxy) is 2. The molecule has 1 aliphatic rings. The Morgan fingerprint density at radius 1 is 1.00 bits per heavy atom. The summed E-state index contributed by atoms with van der Waals surface area (Å²) in [5, 5.41) is 0. The summed E-state index contributed by atoms with van der Waals surface area (Å²) in [6.07, 6.45) is 1.03. The van der Waals surface area contributed by atoms with E-state index >= 15 is 0 Å². The van der Waals surface area contributed by atoms with Gasteiger partial charge in [0.05, 0.1) is 16.4 Å². The van der Waals surface area contributed by atoms with Gasteiger partial charge in [-0.15, -0.1) is 23.5 Å². The Morgan fingerprint density at radius 3 is 1.75 bits per heavy atom. The van der Waals surface area contributed by atoms with E-state index in [1.54, 1.807) is 0 Å². The van der Waals surface area contributed by atoms with E-state index in [0.29, 0.717) is 0 Å². The van der Waals surface area contributed by atoms with Gasteiger partial charge in [0, 0.05) is 11.5 Å². The number of carbonyl (C=O) groups is 2. The third-order valence-corrected chi connectivity index (χ3v) is 5.64. The highest BCUT2D eigenvalue weighted by Crippen LogP contribution is 2.39. The molecule has 6 heteroatoms. The third-order valence-electron chi connectivity index (χ3n) is 2.93. The van der Waals surface area contributed by atoms with Gasteiger partial charge in [0.1, 0.15) is 0 Å². The van der Waals surface area contributed by atoms with Crippen LogP contribution in [0.3, 0.4) is 0 Å². The molecule has 1 rings (SSSR count). The molecule has 0 aromatic carbocycles. The molecular formula is C14H22O4S2. The van der Waals surface area contributed by atoms with Gasteiger partial charge in [0.25, 0.3) is 0 Å². The van der Waals surface area contributed by atoms with E-state index in [0.717, 1.165) is 28.6 Å². The molecule has 0 N–H and O–H groups in total. The predicted octanol–water partition coefficient (Wildman–Crippen LogP) is 3.36. The zero-order valence-electron chi connectivity index (χ0n) is 12.4. The number of rotatable bonds is 6. The molecule has 0 aliphatic carbocycles. The fourth-order valence-corrected chi connectivity index (χ4v) is 3.85. The van der Waals surface area contributed by atoms with Crippen LogP contribution in [0, 0.1) is 0 Å². The molecule has 1 aliphatic heterocycles. The number of thioether (sulfide) groups is 2. The summed E-state index contributed by atoms with van der Waals surface area (Å²) >= 11 is 3.03. The summed E-state index contributed by atoms with van der Waals surface area (Å²) in [6, 6.07) is 0. The van der Waals surface area contributed by atoms with Crippen molar-refractivity contribution in [2.24, 2.45) is 0 Å². The number of carbonyl (C=O) groups excluding carboxylic acids is 2. The maximum atomic E-state index is 12.2. The first-order valence-corrected chi connectivity index (χ1v) is 8.88. The van der Waals surface area contributed by atoms with E-state index in [2.05, 4.69) is 0 Å². The molecule has 1 fully saturated rings. The Morgan fingerprint density at radius 2 is 1.40 bits per heavy atom. The van der Waals surface area contributed by atoms with Crippen molar-refractivity contribution in [3.05, 3.63) is 9.81 Å². The summed E-state index contributed by atoms with van der Waals surface area (Å²) in [5.74, 6) is 0.669. The molecule has 0 radical (unpaired) electrons. The standard InChI is InChI=1S/C14H22O4S2/c1-5-9(3)17-12(15)11(14-19-7-8-20-14)13(16)18-10(4)6-2/h9-10H,5-8H2,1-4H3. The Hall–Kier alpha value is -0.620. The Bertz CT molecular complexity index is 359. The van der Waals surface area contributed by atoms with Gasteiger partial charge in [-0.3, -0.25) is 0 Å². The molecule has 114 valence electrons. The quantitative estimate of drug-likeness (QED) is 0.324. The molecular weight excluding hydrogens is 296 g/mol. The van der Waals surface area contributed by atoms with Gasteiger partial charge < -0.3 is 9.47 Å². The summed E-state index contributed by atoms with van der Waals surface area (Å²) < 4.78 is 11.3. The van der Waals surface area contributed by atoms with Crippen LogP contribution in [0.4, 0.5) is 0 Å². The van der Waals surface area contributed by atoms with Crippen LogP contribution < -0.4 is 0 Å². The molecule has 0 aromatic heterocycles. The highest BCUT2D eigenvalue weighted by molar-refractivity contribution is 8.25. The zero-order valence-corrected chi connectivity index (χ0v) is 14.1. The highest BCUT2D eigenvalue weighted by Gasteiger charge is 2.30. The van der Waals surface area contributed by atoms with Crippen LogP contribution in [-0.2, 0) is 19.1 Å². The minimum atomic E-state index is -0.565. The molecule has 0 bridgehead atoms. The van der Waals surface area contributed by atoms with Crippen molar-refractivity contribution in [3.8, 4) is 0 Å². The van der Waals surface area contributed by atoms with Gasteiger partial charge in [0.2, 0.25) is 0 Å². The summed E-state index contributed by atoms with van der Waals surface area (Å²) in [6.45, 7) is 7.49. The molecule has 1 heterocycles. The van der Waals surface area contributed by atoms with E-state index < -0.39 is 11.9 Å². The van der Waals surface area contributed by atoms with Gasteiger partial charge in [-0.2, -0.15) is 0 Å². The predicted molar refractivity (Wildman–Crippen MR) is 83.6 cm³/mol. The van der Waals surface area contributed by atoms with Gasteiger partial charge in [-0.25, -0.2) is 9.59 Å². The fourth-order valence-electron chi connectivity index (χ4n) is 1.35. The van der Waals surface area contributed by atoms with Gasteiger partial charge in [-0.05, 0) is 26.7 Å². The van der Waals surface area contributed by atoms with E-state index in [4.69, 9.17) is 9.47 Å². The molecule has 2 atom stereocenters. The zero-order chi connectivity index (χ0) is 15.1. The first kappa shape index (κ1) is 17.4. The van der Waals surface area contributed by atoms with Gasteiger partial charge >= 0.3 is 11.9 Å². The van der Waals surface area contributed by atoms with Crippen molar-refractivity contribution in [3.63, 3.8) is 0 Å². The lowest BCUT2D eigenvalue weighted by Crippen LogP contribution is -2.25. The average Bonchev–Trinajstić information content (AvgIpc) is 2.92. The topological polar surface area (TPSA) is 52.6 Å². The van der Waals surface area contributed by atoms with Crippen molar-refractivity contribution in [2.45, 2.75) is 52.7 Å². The van der Waals surface area contributed by atoms with E-state index in [1.807, 2.05) is 27.7 Å². The number of esters is 2. The molecule has 0 amide bonds. The van der Waals surface area contributed by atoms with Crippen LogP contribution in [0.2, 0.25) is 0 Å². The molecule has 0 saturated carbocycles. The minimum absolute atomic E-state index is 0.0677. The van der Waals surface area contributed by atoms with E-state index in [1.165, 1.54) is 23.5 Å². The minimum Gasteiger partial charge on any atom is -0.459 e. The average molecular weight is 318 g/mol. The first-order chi connectivity index (χ1) is 9.49. The summed E-state index contributed by atoms with van der Waals surface area (Å²) in [7, 11) is 0. The maximum absolute atomic E-state index is 12.2. The molecule has 0 spiro atoms. The third kappa shape index (κ3) is 5.05. The van der Waals surface area contributed by atoms with Crippen LogP contribution in [0.1, 0.15) is 40.5 Å². The van der Waals surface area contributed by atoms with Crippen molar-refractivity contribution in [1.82, 2.24) is 0 Å². The SMILES string of the molecule is CCC(C)OC(=O)C(C(=O)OC(C)CC)=C1SCCS1. The van der Waals surface area contributed by atoms with Crippen LogP contribution in [0.15, 0.2) is 9.81 Å². The molecule has 0 aromatic rings. The summed E-state index contributed by atoms with van der Waals surface area (Å²) in [4.78, 5) is 24.4. The van der Waals surface area contributed by atoms with Crippen molar-refractivity contribution in [2.75, 3.05) is 11.5 Å². The van der Waals surface area contributed by atoms with E-state index in [9.17, 15) is 9.59 Å². The summed E-state index contributed by atoms with van der Waals surface area (Å²) in [5.41, 5.74) is 0.0677. The lowest BCUT2D eigenvalue weighted by Gasteiger charge is -2.16. The Balaban J connectivity index is 2.89. The van der Waals surface area contributed by atoms with Crippen LogP contribution in [0.25, 0.3) is 0 Å². The second-order valence-electron chi connectivity index (χ2n) is 4.61. The molecule has 20 heavy (non-hydrogen) atoms. The second-order valence-corrected chi connectivity index (χ2v) is 7.08. The van der Waals surface area contributed by atoms with E-state index in [-0.39, 0.29) is 17.8 Å². The van der Waals surface area contributed by atoms with Crippen LogP contribution in [0.5, 0.6) is 0 Å². The lowest BCUT2D eigenvalue weighted by molar-refractivity contribution is -0.151. The van der Waals surface area contributed by atoms with Gasteiger partial charge in [0.15, 0.2) is 5.57 Å². The fraction of sp³-hybridized carbons (Fsp3) is 0.714. The Labute approximate surface area is 129 Å². The maximum Gasteiger partial charge on any atom is 0.347 e. The first-order valence-electron chi connectivity index (χ1n) is 6.91. The van der Waals surface area contributed by atoms with Crippen molar-refractivity contribution in [1.29, 1.82) is 0 Å². The molecule has 4 nitrogen and oxygen atoms in total. The molecule has 1 saturated heterocycles. The van der Waals surface area contributed by atoms with Crippen LogP contribution in [-0.4, -0.2) is 35.7 Å². The Kier molecular flexibility index (Phi) is 7.51. The lowest BCUT2D eigenvalue weighted by atomic mass is 10.2. The van der Waals surface area contributed by atoms with Crippen molar-refractivity contribution >= 4 is 35.5 Å². The monoisotopic (exact) mass is 318 g/mol. The second kappa shape index (κ2) is 8.62. The normalized spacial score (nSPS) is 17.5. The van der Waals surface area contributed by atoms with Crippen LogP contribution >= 0.6 is 23.5 Å². The smallest absolute Gasteiger partial charge is 0.347 e. The van der Waals surface area contributed by atoms with Gasteiger partial charge in [-0.1, -0.05) is 13.8 Å². The highest BCUT2D eigenvalue weighted by atomic mass is 32.2. The number of hydrogen-bond donors (Lipinski definition) is 0. The van der Waals surface area contributed by atoms with Crippen molar-refractivity contribution < 1.29 is 19.1 Å².